The number of anilines is 1. The predicted molar refractivity (Wildman–Crippen MR) is 101 cm³/mol. The number of amides is 1. The minimum Gasteiger partial charge on any atom is -0.483 e. The van der Waals surface area contributed by atoms with Crippen molar-refractivity contribution < 1.29 is 22.7 Å². The first-order valence-corrected chi connectivity index (χ1v) is 8.81. The highest BCUT2D eigenvalue weighted by molar-refractivity contribution is 5.77. The summed E-state index contributed by atoms with van der Waals surface area (Å²) in [6.07, 6.45) is 0. The van der Waals surface area contributed by atoms with Crippen LogP contribution in [0.1, 0.15) is 22.6 Å². The zero-order valence-corrected chi connectivity index (χ0v) is 15.7. The van der Waals surface area contributed by atoms with Crippen molar-refractivity contribution in [3.8, 4) is 11.8 Å². The van der Waals surface area contributed by atoms with Gasteiger partial charge in [0.15, 0.2) is 6.61 Å². The van der Waals surface area contributed by atoms with E-state index in [0.717, 1.165) is 6.07 Å². The molecule has 154 valence electrons. The fraction of sp³-hybridized carbons (Fsp3) is 0.200. The molecule has 3 rings (SSSR count). The van der Waals surface area contributed by atoms with Gasteiger partial charge in [0.05, 0.1) is 18.2 Å². The van der Waals surface area contributed by atoms with Crippen LogP contribution in [0.3, 0.4) is 0 Å². The van der Waals surface area contributed by atoms with E-state index >= 15 is 0 Å². The van der Waals surface area contributed by atoms with Crippen LogP contribution >= 0.6 is 0 Å². The second kappa shape index (κ2) is 9.47. The van der Waals surface area contributed by atoms with Crippen molar-refractivity contribution >= 4 is 11.9 Å². The fourth-order valence-corrected chi connectivity index (χ4v) is 2.66. The molecule has 2 N–H and O–H groups in total. The maximum Gasteiger partial charge on any atom is 0.312 e. The lowest BCUT2D eigenvalue weighted by atomic mass is 10.1. The highest BCUT2D eigenvalue weighted by atomic mass is 19.1. The molecule has 0 saturated heterocycles. The summed E-state index contributed by atoms with van der Waals surface area (Å²) in [5.74, 6) is -0.872. The highest BCUT2D eigenvalue weighted by Gasteiger charge is 2.20. The van der Waals surface area contributed by atoms with Crippen molar-refractivity contribution in [3.63, 3.8) is 0 Å². The number of nitrogens with zero attached hydrogens (tertiary/aromatic N) is 4. The van der Waals surface area contributed by atoms with Gasteiger partial charge < -0.3 is 19.8 Å². The Morgan fingerprint density at radius 3 is 2.67 bits per heavy atom. The minimum atomic E-state index is -0.744. The number of alkyl halides is 1. The van der Waals surface area contributed by atoms with E-state index in [1.807, 2.05) is 6.07 Å². The van der Waals surface area contributed by atoms with Gasteiger partial charge in [-0.05, 0) is 18.2 Å². The molecule has 1 heterocycles. The molecule has 0 aliphatic heterocycles. The van der Waals surface area contributed by atoms with Gasteiger partial charge in [-0.25, -0.2) is 8.78 Å². The van der Waals surface area contributed by atoms with Gasteiger partial charge in [-0.1, -0.05) is 29.4 Å². The third-order valence-electron chi connectivity index (χ3n) is 4.17. The Kier molecular flexibility index (Phi) is 6.54. The first kappa shape index (κ1) is 20.7. The Labute approximate surface area is 170 Å². The van der Waals surface area contributed by atoms with Gasteiger partial charge in [0.1, 0.15) is 18.2 Å². The largest absolute Gasteiger partial charge is 0.483 e. The summed E-state index contributed by atoms with van der Waals surface area (Å²) in [6.45, 7) is -1.45. The number of ether oxygens (including phenoxy) is 1. The molecule has 0 aliphatic carbocycles. The second-order valence-electron chi connectivity index (χ2n) is 6.23. The number of aromatic nitrogens is 2. The number of nitrogens with two attached hydrogens (primary N) is 1. The van der Waals surface area contributed by atoms with Gasteiger partial charge >= 0.3 is 6.01 Å². The Hall–Kier alpha value is -4.00. The SMILES string of the molecule is N#Cc1ccc(CN(Cc2nnc(N)o2)C(=O)COc2ccccc2CF)c(F)c1. The van der Waals surface area contributed by atoms with Crippen LogP contribution in [0.25, 0.3) is 0 Å². The molecule has 0 aliphatic rings. The van der Waals surface area contributed by atoms with Gasteiger partial charge in [-0.15, -0.1) is 5.10 Å². The molecule has 1 amide bonds. The van der Waals surface area contributed by atoms with Crippen LogP contribution < -0.4 is 10.5 Å². The van der Waals surface area contributed by atoms with E-state index in [4.69, 9.17) is 20.1 Å². The van der Waals surface area contributed by atoms with Crippen LogP contribution in [-0.4, -0.2) is 27.6 Å². The predicted octanol–water partition coefficient (Wildman–Crippen LogP) is 2.74. The summed E-state index contributed by atoms with van der Waals surface area (Å²) in [5.41, 5.74) is 6.05. The number of nitrogen functional groups attached to an aromatic ring is 1. The van der Waals surface area contributed by atoms with E-state index < -0.39 is 25.0 Å². The zero-order chi connectivity index (χ0) is 21.5. The van der Waals surface area contributed by atoms with Crippen molar-refractivity contribution in [2.75, 3.05) is 12.3 Å². The number of halogens is 2. The number of hydrogen-bond acceptors (Lipinski definition) is 7. The zero-order valence-electron chi connectivity index (χ0n) is 15.7. The minimum absolute atomic E-state index is 0.0547. The summed E-state index contributed by atoms with van der Waals surface area (Å²) >= 11 is 0. The maximum absolute atomic E-state index is 14.3. The Bertz CT molecular complexity index is 1080. The third-order valence-corrected chi connectivity index (χ3v) is 4.17. The number of rotatable bonds is 8. The molecule has 0 unspecified atom stereocenters. The lowest BCUT2D eigenvalue weighted by Gasteiger charge is -2.22. The van der Waals surface area contributed by atoms with Gasteiger partial charge in [-0.2, -0.15) is 5.26 Å². The summed E-state index contributed by atoms with van der Waals surface area (Å²) < 4.78 is 38.0. The fourth-order valence-electron chi connectivity index (χ4n) is 2.66. The number of nitriles is 1. The first-order chi connectivity index (χ1) is 14.5. The number of carbonyl (C=O) groups is 1. The van der Waals surface area contributed by atoms with Crippen molar-refractivity contribution in [1.29, 1.82) is 5.26 Å². The molecule has 0 radical (unpaired) electrons. The first-order valence-electron chi connectivity index (χ1n) is 8.81. The average molecular weight is 413 g/mol. The van der Waals surface area contributed by atoms with Gasteiger partial charge in [0.2, 0.25) is 5.89 Å². The number of benzene rings is 2. The van der Waals surface area contributed by atoms with Crippen LogP contribution in [0.4, 0.5) is 14.8 Å². The Balaban J connectivity index is 1.78. The van der Waals surface area contributed by atoms with Gasteiger partial charge in [0, 0.05) is 17.7 Å². The standard InChI is InChI=1S/C20H17F2N5O3/c21-8-14-3-1-2-4-17(14)29-12-19(28)27(11-18-25-26-20(24)30-18)10-15-6-5-13(9-23)7-16(15)22/h1-7H,8,10-12H2,(H2,24,26). The highest BCUT2D eigenvalue weighted by Crippen LogP contribution is 2.20. The summed E-state index contributed by atoms with van der Waals surface area (Å²) in [6, 6.07) is 12.0. The summed E-state index contributed by atoms with van der Waals surface area (Å²) in [4.78, 5) is 14.0. The van der Waals surface area contributed by atoms with Gasteiger partial charge in [0.25, 0.3) is 5.91 Å². The lowest BCUT2D eigenvalue weighted by molar-refractivity contribution is -0.135. The molecule has 0 fully saturated rings. The van der Waals surface area contributed by atoms with Crippen molar-refractivity contribution in [2.24, 2.45) is 0 Å². The van der Waals surface area contributed by atoms with E-state index in [0.29, 0.717) is 5.56 Å². The Morgan fingerprint density at radius 1 is 1.20 bits per heavy atom. The molecular weight excluding hydrogens is 396 g/mol. The van der Waals surface area contributed by atoms with Crippen molar-refractivity contribution in [2.45, 2.75) is 19.8 Å². The monoisotopic (exact) mass is 413 g/mol. The molecule has 2 aromatic carbocycles. The molecule has 0 spiro atoms. The molecule has 3 aromatic rings. The number of carbonyl (C=O) groups excluding carboxylic acids is 1. The van der Waals surface area contributed by atoms with Crippen LogP contribution in [0, 0.1) is 17.1 Å². The number of para-hydroxylation sites is 1. The molecule has 8 nitrogen and oxygen atoms in total. The van der Waals surface area contributed by atoms with Crippen molar-refractivity contribution in [3.05, 3.63) is 70.9 Å². The molecule has 30 heavy (non-hydrogen) atoms. The average Bonchev–Trinajstić information content (AvgIpc) is 3.17. The quantitative estimate of drug-likeness (QED) is 0.603. The van der Waals surface area contributed by atoms with E-state index in [2.05, 4.69) is 10.2 Å². The molecule has 0 atom stereocenters. The molecule has 10 heteroatoms. The summed E-state index contributed by atoms with van der Waals surface area (Å²) in [5, 5.41) is 16.1. The second-order valence-corrected chi connectivity index (χ2v) is 6.23. The molecule has 0 saturated carbocycles. The van der Waals surface area contributed by atoms with Gasteiger partial charge in [-0.3, -0.25) is 4.79 Å². The molecule has 1 aromatic heterocycles. The van der Waals surface area contributed by atoms with E-state index in [1.54, 1.807) is 24.3 Å². The van der Waals surface area contributed by atoms with E-state index in [9.17, 15) is 13.6 Å². The summed E-state index contributed by atoms with van der Waals surface area (Å²) in [7, 11) is 0. The van der Waals surface area contributed by atoms with E-state index in [1.165, 1.54) is 17.0 Å². The van der Waals surface area contributed by atoms with Crippen molar-refractivity contribution in [1.82, 2.24) is 15.1 Å². The molecule has 0 bridgehead atoms. The normalized spacial score (nSPS) is 10.4. The number of hydrogen-bond donors (Lipinski definition) is 1. The topological polar surface area (TPSA) is 118 Å². The Morgan fingerprint density at radius 2 is 2.00 bits per heavy atom. The maximum atomic E-state index is 14.3. The van der Waals surface area contributed by atoms with Crippen LogP contribution in [0.5, 0.6) is 5.75 Å². The van der Waals surface area contributed by atoms with Crippen LogP contribution in [-0.2, 0) is 24.6 Å². The van der Waals surface area contributed by atoms with Crippen LogP contribution in [0.15, 0.2) is 46.9 Å². The lowest BCUT2D eigenvalue weighted by Crippen LogP contribution is -2.34. The molecular formula is C20H17F2N5O3. The third kappa shape index (κ3) is 5.08. The van der Waals surface area contributed by atoms with E-state index in [-0.39, 0.29) is 41.9 Å². The smallest absolute Gasteiger partial charge is 0.312 e. The van der Waals surface area contributed by atoms with Crippen LogP contribution in [0.2, 0.25) is 0 Å².